The molecule has 1 atom stereocenters. The third-order valence-corrected chi connectivity index (χ3v) is 5.67. The molecule has 4 rings (SSSR count). The van der Waals surface area contributed by atoms with E-state index in [1.165, 1.54) is 19.3 Å². The van der Waals surface area contributed by atoms with Gasteiger partial charge in [0, 0.05) is 12.0 Å². The SMILES string of the molecule is C[C@@H](NC(=O)C12CC3CC(CC(C3)C1)C2)C(=O)NCCO. The Bertz CT molecular complexity index is 400. The summed E-state index contributed by atoms with van der Waals surface area (Å²) >= 11 is 0. The Morgan fingerprint density at radius 2 is 1.67 bits per heavy atom. The molecule has 0 aromatic rings. The largest absolute Gasteiger partial charge is 0.395 e. The summed E-state index contributed by atoms with van der Waals surface area (Å²) in [6.07, 6.45) is 6.94. The van der Waals surface area contributed by atoms with E-state index >= 15 is 0 Å². The molecule has 0 unspecified atom stereocenters. The molecule has 118 valence electrons. The monoisotopic (exact) mass is 294 g/mol. The summed E-state index contributed by atoms with van der Waals surface area (Å²) < 4.78 is 0. The van der Waals surface area contributed by atoms with Crippen LogP contribution in [0.1, 0.15) is 45.4 Å². The second-order valence-corrected chi connectivity index (χ2v) is 7.41. The lowest BCUT2D eigenvalue weighted by molar-refractivity contribution is -0.148. The van der Waals surface area contributed by atoms with E-state index in [9.17, 15) is 9.59 Å². The highest BCUT2D eigenvalue weighted by molar-refractivity contribution is 5.90. The van der Waals surface area contributed by atoms with E-state index in [1.54, 1.807) is 6.92 Å². The first-order valence-electron chi connectivity index (χ1n) is 8.22. The molecule has 5 nitrogen and oxygen atoms in total. The molecule has 0 aliphatic heterocycles. The van der Waals surface area contributed by atoms with Crippen molar-refractivity contribution in [1.29, 1.82) is 0 Å². The van der Waals surface area contributed by atoms with Gasteiger partial charge >= 0.3 is 0 Å². The molecule has 4 saturated carbocycles. The normalized spacial score (nSPS) is 38.1. The van der Waals surface area contributed by atoms with Crippen molar-refractivity contribution >= 4 is 11.8 Å². The molecule has 5 heteroatoms. The van der Waals surface area contributed by atoms with Gasteiger partial charge in [0.25, 0.3) is 0 Å². The van der Waals surface area contributed by atoms with Crippen LogP contribution < -0.4 is 10.6 Å². The van der Waals surface area contributed by atoms with Crippen LogP contribution in [0, 0.1) is 23.2 Å². The summed E-state index contributed by atoms with van der Waals surface area (Å²) in [4.78, 5) is 24.6. The zero-order valence-electron chi connectivity index (χ0n) is 12.7. The van der Waals surface area contributed by atoms with Gasteiger partial charge in [-0.05, 0) is 63.2 Å². The van der Waals surface area contributed by atoms with E-state index in [4.69, 9.17) is 5.11 Å². The molecule has 4 aliphatic rings. The molecule has 0 radical (unpaired) electrons. The van der Waals surface area contributed by atoms with Crippen molar-refractivity contribution in [2.75, 3.05) is 13.2 Å². The number of rotatable bonds is 5. The van der Waals surface area contributed by atoms with Gasteiger partial charge in [-0.2, -0.15) is 0 Å². The highest BCUT2D eigenvalue weighted by atomic mass is 16.3. The molecule has 4 bridgehead atoms. The molecule has 2 amide bonds. The average molecular weight is 294 g/mol. The Morgan fingerprint density at radius 3 is 2.14 bits per heavy atom. The van der Waals surface area contributed by atoms with Gasteiger partial charge in [0.05, 0.1) is 6.61 Å². The van der Waals surface area contributed by atoms with Crippen LogP contribution in [0.15, 0.2) is 0 Å². The van der Waals surface area contributed by atoms with E-state index < -0.39 is 6.04 Å². The molecule has 0 spiro atoms. The molecular weight excluding hydrogens is 268 g/mol. The predicted octanol–water partition coefficient (Wildman–Crippen LogP) is 0.816. The van der Waals surface area contributed by atoms with Crippen molar-refractivity contribution in [1.82, 2.24) is 10.6 Å². The number of aliphatic hydroxyl groups is 1. The minimum Gasteiger partial charge on any atom is -0.395 e. The fraction of sp³-hybridized carbons (Fsp3) is 0.875. The Balaban J connectivity index is 1.61. The topological polar surface area (TPSA) is 78.4 Å². The molecule has 4 aliphatic carbocycles. The number of aliphatic hydroxyl groups excluding tert-OH is 1. The van der Waals surface area contributed by atoms with Gasteiger partial charge in [-0.15, -0.1) is 0 Å². The minimum absolute atomic E-state index is 0.0771. The van der Waals surface area contributed by atoms with Gasteiger partial charge < -0.3 is 15.7 Å². The second-order valence-electron chi connectivity index (χ2n) is 7.41. The molecular formula is C16H26N2O3. The van der Waals surface area contributed by atoms with E-state index in [0.717, 1.165) is 37.0 Å². The lowest BCUT2D eigenvalue weighted by Gasteiger charge is -2.55. The third-order valence-electron chi connectivity index (χ3n) is 5.67. The molecule has 0 aromatic heterocycles. The molecule has 3 N–H and O–H groups in total. The van der Waals surface area contributed by atoms with Crippen LogP contribution in [0.4, 0.5) is 0 Å². The lowest BCUT2D eigenvalue weighted by Crippen LogP contribution is -2.56. The van der Waals surface area contributed by atoms with Crippen LogP contribution in [0.2, 0.25) is 0 Å². The van der Waals surface area contributed by atoms with Crippen LogP contribution in [-0.2, 0) is 9.59 Å². The number of hydrogen-bond donors (Lipinski definition) is 3. The Labute approximate surface area is 125 Å². The lowest BCUT2D eigenvalue weighted by atomic mass is 9.49. The summed E-state index contributed by atoms with van der Waals surface area (Å²) in [7, 11) is 0. The summed E-state index contributed by atoms with van der Waals surface area (Å²) in [5.41, 5.74) is -0.208. The molecule has 0 saturated heterocycles. The van der Waals surface area contributed by atoms with Crippen molar-refractivity contribution in [3.05, 3.63) is 0 Å². The summed E-state index contributed by atoms with van der Waals surface area (Å²) in [6, 6.07) is -0.531. The number of carbonyl (C=O) groups is 2. The quantitative estimate of drug-likeness (QED) is 0.702. The number of amides is 2. The molecule has 21 heavy (non-hydrogen) atoms. The minimum atomic E-state index is -0.531. The third kappa shape index (κ3) is 2.80. The highest BCUT2D eigenvalue weighted by Crippen LogP contribution is 2.60. The predicted molar refractivity (Wildman–Crippen MR) is 78.3 cm³/mol. The summed E-state index contributed by atoms with van der Waals surface area (Å²) in [5.74, 6) is 2.02. The average Bonchev–Trinajstić information content (AvgIpc) is 2.43. The van der Waals surface area contributed by atoms with E-state index in [0.29, 0.717) is 0 Å². The smallest absolute Gasteiger partial charge is 0.242 e. The number of hydrogen-bond acceptors (Lipinski definition) is 3. The summed E-state index contributed by atoms with van der Waals surface area (Å²) in [6.45, 7) is 1.86. The zero-order chi connectivity index (χ0) is 15.0. The Morgan fingerprint density at radius 1 is 1.14 bits per heavy atom. The van der Waals surface area contributed by atoms with Crippen LogP contribution in [0.5, 0.6) is 0 Å². The Hall–Kier alpha value is -1.10. The van der Waals surface area contributed by atoms with Crippen molar-refractivity contribution < 1.29 is 14.7 Å². The Kier molecular flexibility index (Phi) is 3.95. The van der Waals surface area contributed by atoms with Gasteiger partial charge in [0.15, 0.2) is 0 Å². The fourth-order valence-electron chi connectivity index (χ4n) is 5.14. The van der Waals surface area contributed by atoms with Crippen LogP contribution in [0.25, 0.3) is 0 Å². The van der Waals surface area contributed by atoms with E-state index in [-0.39, 0.29) is 30.4 Å². The van der Waals surface area contributed by atoms with Crippen LogP contribution in [-0.4, -0.2) is 36.1 Å². The number of carbonyl (C=O) groups excluding carboxylic acids is 2. The first-order chi connectivity index (χ1) is 10.0. The molecule has 0 aromatic carbocycles. The second kappa shape index (κ2) is 5.59. The first-order valence-corrected chi connectivity index (χ1v) is 8.22. The van der Waals surface area contributed by atoms with Crippen LogP contribution >= 0.6 is 0 Å². The fourth-order valence-corrected chi connectivity index (χ4v) is 5.14. The van der Waals surface area contributed by atoms with Gasteiger partial charge in [-0.25, -0.2) is 0 Å². The highest BCUT2D eigenvalue weighted by Gasteiger charge is 2.54. The maximum Gasteiger partial charge on any atom is 0.242 e. The summed E-state index contributed by atoms with van der Waals surface area (Å²) in [5, 5.41) is 14.3. The maximum atomic E-state index is 12.7. The number of nitrogens with one attached hydrogen (secondary N) is 2. The van der Waals surface area contributed by atoms with Crippen LogP contribution in [0.3, 0.4) is 0 Å². The van der Waals surface area contributed by atoms with Crippen molar-refractivity contribution in [2.24, 2.45) is 23.2 Å². The van der Waals surface area contributed by atoms with Crippen molar-refractivity contribution in [3.8, 4) is 0 Å². The standard InChI is InChI=1S/C16H26N2O3/c1-10(14(20)17-2-3-19)18-15(21)16-7-11-4-12(8-16)6-13(5-11)9-16/h10-13,19H,2-9H2,1H3,(H,17,20)(H,18,21)/t10-,11?,12?,13?,16?/m1/s1. The molecule has 0 heterocycles. The van der Waals surface area contributed by atoms with Gasteiger partial charge in [-0.1, -0.05) is 0 Å². The van der Waals surface area contributed by atoms with Gasteiger partial charge in [0.1, 0.15) is 6.04 Å². The van der Waals surface area contributed by atoms with Crippen molar-refractivity contribution in [2.45, 2.75) is 51.5 Å². The maximum absolute atomic E-state index is 12.7. The van der Waals surface area contributed by atoms with Crippen molar-refractivity contribution in [3.63, 3.8) is 0 Å². The van der Waals surface area contributed by atoms with Gasteiger partial charge in [-0.3, -0.25) is 9.59 Å². The van der Waals surface area contributed by atoms with E-state index in [2.05, 4.69) is 10.6 Å². The van der Waals surface area contributed by atoms with E-state index in [1.807, 2.05) is 0 Å². The zero-order valence-corrected chi connectivity index (χ0v) is 12.7. The first kappa shape index (κ1) is 14.8. The van der Waals surface area contributed by atoms with Gasteiger partial charge in [0.2, 0.25) is 11.8 Å². The molecule has 4 fully saturated rings.